The van der Waals surface area contributed by atoms with Crippen LogP contribution in [-0.4, -0.2) is 11.8 Å². The lowest BCUT2D eigenvalue weighted by Crippen LogP contribution is -2.22. The van der Waals surface area contributed by atoms with Crippen molar-refractivity contribution in [3.63, 3.8) is 0 Å². The van der Waals surface area contributed by atoms with E-state index in [1.807, 2.05) is 0 Å². The van der Waals surface area contributed by atoms with Gasteiger partial charge >= 0.3 is 0 Å². The summed E-state index contributed by atoms with van der Waals surface area (Å²) in [4.78, 5) is 25.2. The molecule has 2 aromatic carbocycles. The average molecular weight is 421 g/mol. The number of anilines is 1. The average Bonchev–Trinajstić information content (AvgIpc) is 3.01. The summed E-state index contributed by atoms with van der Waals surface area (Å²) in [6.45, 7) is 2.01. The van der Waals surface area contributed by atoms with Crippen LogP contribution in [0.25, 0.3) is 0 Å². The van der Waals surface area contributed by atoms with E-state index in [1.165, 1.54) is 18.2 Å². The summed E-state index contributed by atoms with van der Waals surface area (Å²) in [6, 6.07) is 11.0. The summed E-state index contributed by atoms with van der Waals surface area (Å²) in [5.74, 6) is -1.67. The van der Waals surface area contributed by atoms with Crippen LogP contribution in [0.15, 0.2) is 48.5 Å². The first-order chi connectivity index (χ1) is 13.3. The van der Waals surface area contributed by atoms with Gasteiger partial charge in [0.05, 0.1) is 20.5 Å². The summed E-state index contributed by atoms with van der Waals surface area (Å²) in [7, 11) is 0. The van der Waals surface area contributed by atoms with Crippen LogP contribution in [0.3, 0.4) is 0 Å². The van der Waals surface area contributed by atoms with Gasteiger partial charge in [0.1, 0.15) is 11.6 Å². The molecular weight excluding hydrogens is 406 g/mol. The molecule has 0 saturated heterocycles. The number of thiophene rings is 1. The van der Waals surface area contributed by atoms with Crippen molar-refractivity contribution in [2.75, 3.05) is 5.32 Å². The number of amides is 2. The third-order valence-electron chi connectivity index (χ3n) is 3.90. The molecule has 0 spiro atoms. The number of hydrogen-bond acceptors (Lipinski definition) is 3. The molecule has 3 aromatic rings. The van der Waals surface area contributed by atoms with Gasteiger partial charge < -0.3 is 10.6 Å². The van der Waals surface area contributed by atoms with Crippen molar-refractivity contribution < 1.29 is 18.4 Å². The predicted molar refractivity (Wildman–Crippen MR) is 106 cm³/mol. The zero-order chi connectivity index (χ0) is 20.3. The number of rotatable bonds is 5. The van der Waals surface area contributed by atoms with Gasteiger partial charge in [-0.05, 0) is 54.4 Å². The summed E-state index contributed by atoms with van der Waals surface area (Å²) >= 11 is 7.02. The Morgan fingerprint density at radius 2 is 1.68 bits per heavy atom. The zero-order valence-corrected chi connectivity index (χ0v) is 16.3. The fraction of sp³-hybridized carbons (Fsp3) is 0.100. The van der Waals surface area contributed by atoms with Gasteiger partial charge in [-0.3, -0.25) is 9.59 Å². The van der Waals surface area contributed by atoms with Crippen LogP contribution in [0.4, 0.5) is 13.8 Å². The zero-order valence-electron chi connectivity index (χ0n) is 14.7. The van der Waals surface area contributed by atoms with Gasteiger partial charge in [-0.25, -0.2) is 8.78 Å². The number of halogens is 3. The topological polar surface area (TPSA) is 58.2 Å². The van der Waals surface area contributed by atoms with Crippen molar-refractivity contribution in [1.82, 2.24) is 5.32 Å². The summed E-state index contributed by atoms with van der Waals surface area (Å²) < 4.78 is 26.1. The molecule has 0 fully saturated rings. The van der Waals surface area contributed by atoms with Gasteiger partial charge in [-0.15, -0.1) is 11.3 Å². The van der Waals surface area contributed by atoms with E-state index in [2.05, 4.69) is 10.6 Å². The Balaban J connectivity index is 1.67. The molecule has 0 atom stereocenters. The lowest BCUT2D eigenvalue weighted by Gasteiger charge is -2.05. The van der Waals surface area contributed by atoms with Crippen LogP contribution in [0.2, 0.25) is 5.02 Å². The van der Waals surface area contributed by atoms with Gasteiger partial charge in [-0.2, -0.15) is 0 Å². The van der Waals surface area contributed by atoms with Crippen molar-refractivity contribution in [3.8, 4) is 0 Å². The minimum atomic E-state index is -0.534. The first kappa shape index (κ1) is 20.0. The van der Waals surface area contributed by atoms with Crippen molar-refractivity contribution >= 4 is 39.8 Å². The van der Waals surface area contributed by atoms with Crippen molar-refractivity contribution in [3.05, 3.63) is 86.8 Å². The van der Waals surface area contributed by atoms with Crippen molar-refractivity contribution in [2.24, 2.45) is 0 Å². The predicted octanol–water partition coefficient (Wildman–Crippen LogP) is 5.17. The third kappa shape index (κ3) is 4.74. The van der Waals surface area contributed by atoms with E-state index < -0.39 is 11.7 Å². The largest absolute Gasteiger partial charge is 0.347 e. The molecule has 8 heteroatoms. The Morgan fingerprint density at radius 1 is 1.00 bits per heavy atom. The highest BCUT2D eigenvalue weighted by Gasteiger charge is 2.17. The minimum Gasteiger partial charge on any atom is -0.347 e. The Labute approximate surface area is 169 Å². The van der Waals surface area contributed by atoms with E-state index in [4.69, 9.17) is 11.6 Å². The molecular formula is C20H15ClF2N2O2S. The van der Waals surface area contributed by atoms with Gasteiger partial charge in [-0.1, -0.05) is 23.7 Å². The van der Waals surface area contributed by atoms with E-state index in [9.17, 15) is 18.4 Å². The van der Waals surface area contributed by atoms with Crippen LogP contribution in [-0.2, 0) is 6.54 Å². The second-order valence-electron chi connectivity index (χ2n) is 6.01. The van der Waals surface area contributed by atoms with E-state index >= 15 is 0 Å². The molecule has 0 bridgehead atoms. The van der Waals surface area contributed by atoms with E-state index in [0.29, 0.717) is 15.4 Å². The fourth-order valence-electron chi connectivity index (χ4n) is 2.49. The standard InChI is InChI=1S/C20H15ClF2N2O2S/c1-11-8-17(25-19(26)15-7-6-14(23)9-16(15)21)28-18(11)20(27)24-10-12-2-4-13(22)5-3-12/h2-9H,10H2,1H3,(H,24,27)(H,25,26). The summed E-state index contributed by atoms with van der Waals surface area (Å²) in [5.41, 5.74) is 1.60. The molecule has 144 valence electrons. The molecule has 0 aliphatic heterocycles. The molecule has 1 aromatic heterocycles. The maximum absolute atomic E-state index is 13.1. The van der Waals surface area contributed by atoms with E-state index in [1.54, 1.807) is 25.1 Å². The maximum atomic E-state index is 13.1. The van der Waals surface area contributed by atoms with Gasteiger partial charge in [0.15, 0.2) is 0 Å². The van der Waals surface area contributed by atoms with Crippen molar-refractivity contribution in [1.29, 1.82) is 0 Å². The Bertz CT molecular complexity index is 1040. The van der Waals surface area contributed by atoms with Crippen LogP contribution in [0, 0.1) is 18.6 Å². The molecule has 0 unspecified atom stereocenters. The molecule has 0 saturated carbocycles. The SMILES string of the molecule is Cc1cc(NC(=O)c2ccc(F)cc2Cl)sc1C(=O)NCc1ccc(F)cc1. The number of nitrogens with one attached hydrogen (secondary N) is 2. The Hall–Kier alpha value is -2.77. The van der Waals surface area contributed by atoms with Gasteiger partial charge in [0.2, 0.25) is 0 Å². The molecule has 3 rings (SSSR count). The number of aryl methyl sites for hydroxylation is 1. The summed E-state index contributed by atoms with van der Waals surface area (Å²) in [6.07, 6.45) is 0. The van der Waals surface area contributed by atoms with Crippen LogP contribution in [0.5, 0.6) is 0 Å². The molecule has 0 aliphatic carbocycles. The smallest absolute Gasteiger partial charge is 0.261 e. The van der Waals surface area contributed by atoms with Gasteiger partial charge in [0, 0.05) is 6.54 Å². The molecule has 1 heterocycles. The molecule has 4 nitrogen and oxygen atoms in total. The maximum Gasteiger partial charge on any atom is 0.261 e. The summed E-state index contributed by atoms with van der Waals surface area (Å²) in [5, 5.41) is 5.90. The van der Waals surface area contributed by atoms with Gasteiger partial charge in [0.25, 0.3) is 11.8 Å². The second kappa shape index (κ2) is 8.50. The normalized spacial score (nSPS) is 10.6. The lowest BCUT2D eigenvalue weighted by atomic mass is 10.2. The first-order valence-corrected chi connectivity index (χ1v) is 9.42. The minimum absolute atomic E-state index is 0.00282. The Morgan fingerprint density at radius 3 is 2.36 bits per heavy atom. The lowest BCUT2D eigenvalue weighted by molar-refractivity contribution is 0.0953. The number of carbonyl (C=O) groups excluding carboxylic acids is 2. The monoisotopic (exact) mass is 420 g/mol. The Kier molecular flexibility index (Phi) is 6.06. The molecule has 28 heavy (non-hydrogen) atoms. The van der Waals surface area contributed by atoms with Crippen LogP contribution < -0.4 is 10.6 Å². The second-order valence-corrected chi connectivity index (χ2v) is 7.47. The van der Waals surface area contributed by atoms with Crippen LogP contribution in [0.1, 0.15) is 31.2 Å². The van der Waals surface area contributed by atoms with Crippen molar-refractivity contribution in [2.45, 2.75) is 13.5 Å². The molecule has 0 radical (unpaired) electrons. The van der Waals surface area contributed by atoms with E-state index in [-0.39, 0.29) is 28.9 Å². The molecule has 2 N–H and O–H groups in total. The quantitative estimate of drug-likeness (QED) is 0.598. The highest BCUT2D eigenvalue weighted by atomic mass is 35.5. The van der Waals surface area contributed by atoms with Crippen LogP contribution >= 0.6 is 22.9 Å². The molecule has 0 aliphatic rings. The first-order valence-electron chi connectivity index (χ1n) is 8.23. The number of benzene rings is 2. The number of hydrogen-bond donors (Lipinski definition) is 2. The van der Waals surface area contributed by atoms with E-state index in [0.717, 1.165) is 29.0 Å². The fourth-order valence-corrected chi connectivity index (χ4v) is 3.72. The highest BCUT2D eigenvalue weighted by molar-refractivity contribution is 7.18. The molecule has 2 amide bonds. The highest BCUT2D eigenvalue weighted by Crippen LogP contribution is 2.28. The number of carbonyl (C=O) groups is 2. The third-order valence-corrected chi connectivity index (χ3v) is 5.37.